The molecule has 0 bridgehead atoms. The number of amides is 2. The van der Waals surface area contributed by atoms with Crippen LogP contribution in [0.3, 0.4) is 0 Å². The van der Waals surface area contributed by atoms with Crippen molar-refractivity contribution in [2.75, 3.05) is 30.8 Å². The molecule has 31 heavy (non-hydrogen) atoms. The highest BCUT2D eigenvalue weighted by Gasteiger charge is 2.12. The summed E-state index contributed by atoms with van der Waals surface area (Å²) >= 11 is 0. The predicted octanol–water partition coefficient (Wildman–Crippen LogP) is 4.44. The second-order valence-corrected chi connectivity index (χ2v) is 7.22. The molecule has 0 saturated carbocycles. The maximum Gasteiger partial charge on any atom is 0.238 e. The van der Waals surface area contributed by atoms with E-state index in [1.54, 1.807) is 42.3 Å². The molecule has 0 aromatic heterocycles. The smallest absolute Gasteiger partial charge is 0.238 e. The molecule has 0 saturated heterocycles. The van der Waals surface area contributed by atoms with Gasteiger partial charge in [-0.25, -0.2) is 4.39 Å². The molecule has 0 spiro atoms. The number of ether oxygens (including phenoxy) is 1. The van der Waals surface area contributed by atoms with Crippen molar-refractivity contribution in [3.63, 3.8) is 0 Å². The molecule has 0 radical (unpaired) electrons. The van der Waals surface area contributed by atoms with E-state index in [0.717, 1.165) is 11.3 Å². The number of hydrogen-bond acceptors (Lipinski definition) is 4. The Labute approximate surface area is 180 Å². The van der Waals surface area contributed by atoms with Gasteiger partial charge < -0.3 is 15.4 Å². The topological polar surface area (TPSA) is 70.7 Å². The molecule has 0 aliphatic heterocycles. The molecular formula is C24H24FN3O3. The molecule has 3 aromatic carbocycles. The minimum atomic E-state index is -0.430. The lowest BCUT2D eigenvalue weighted by atomic mass is 10.2. The van der Waals surface area contributed by atoms with Crippen LogP contribution in [-0.2, 0) is 9.59 Å². The first-order chi connectivity index (χ1) is 14.9. The fourth-order valence-corrected chi connectivity index (χ4v) is 2.86. The van der Waals surface area contributed by atoms with E-state index in [4.69, 9.17) is 4.74 Å². The molecule has 0 unspecified atom stereocenters. The Hall–Kier alpha value is -3.71. The average molecular weight is 421 g/mol. The summed E-state index contributed by atoms with van der Waals surface area (Å²) in [6, 6.07) is 20.4. The summed E-state index contributed by atoms with van der Waals surface area (Å²) in [6.07, 6.45) is 0. The standard InChI is InChI=1S/C24H24FN3O3/c1-17-6-10-21(11-7-17)31-22-12-8-19(9-13-22)26-23(29)15-28(2)16-24(30)27-20-5-3-4-18(25)14-20/h3-14H,15-16H2,1-2H3,(H,26,29)(H,27,30). The lowest BCUT2D eigenvalue weighted by molar-refractivity contribution is -0.119. The number of carbonyl (C=O) groups excluding carboxylic acids is 2. The van der Waals surface area contributed by atoms with Gasteiger partial charge in [-0.15, -0.1) is 0 Å². The number of anilines is 2. The molecule has 2 N–H and O–H groups in total. The number of rotatable bonds is 8. The maximum atomic E-state index is 13.2. The van der Waals surface area contributed by atoms with Gasteiger partial charge in [0.1, 0.15) is 17.3 Å². The minimum Gasteiger partial charge on any atom is -0.457 e. The van der Waals surface area contributed by atoms with E-state index in [1.807, 2.05) is 31.2 Å². The molecule has 0 heterocycles. The number of nitrogens with zero attached hydrogens (tertiary/aromatic N) is 1. The van der Waals surface area contributed by atoms with Gasteiger partial charge in [-0.05, 0) is 68.6 Å². The highest BCUT2D eigenvalue weighted by molar-refractivity contribution is 5.94. The van der Waals surface area contributed by atoms with Gasteiger partial charge in [0.15, 0.2) is 0 Å². The van der Waals surface area contributed by atoms with Gasteiger partial charge in [-0.1, -0.05) is 23.8 Å². The van der Waals surface area contributed by atoms with Crippen LogP contribution in [0.15, 0.2) is 72.8 Å². The summed E-state index contributed by atoms with van der Waals surface area (Å²) in [7, 11) is 1.66. The number of nitrogens with one attached hydrogen (secondary N) is 2. The van der Waals surface area contributed by atoms with Gasteiger partial charge in [0, 0.05) is 11.4 Å². The van der Waals surface area contributed by atoms with Crippen molar-refractivity contribution < 1.29 is 18.7 Å². The summed E-state index contributed by atoms with van der Waals surface area (Å²) < 4.78 is 19.0. The number of likely N-dealkylation sites (N-methyl/N-ethyl adjacent to an activating group) is 1. The molecule has 2 amide bonds. The Morgan fingerprint density at radius 2 is 1.39 bits per heavy atom. The van der Waals surface area contributed by atoms with E-state index in [1.165, 1.54) is 18.2 Å². The first kappa shape index (κ1) is 22.0. The number of hydrogen-bond donors (Lipinski definition) is 2. The van der Waals surface area contributed by atoms with Crippen LogP contribution in [0.5, 0.6) is 11.5 Å². The summed E-state index contributed by atoms with van der Waals surface area (Å²) in [5.74, 6) is 0.376. The van der Waals surface area contributed by atoms with Gasteiger partial charge in [0.05, 0.1) is 13.1 Å². The summed E-state index contributed by atoms with van der Waals surface area (Å²) in [5, 5.41) is 5.38. The maximum absolute atomic E-state index is 13.2. The van der Waals surface area contributed by atoms with Crippen LogP contribution in [0, 0.1) is 12.7 Å². The van der Waals surface area contributed by atoms with E-state index in [0.29, 0.717) is 17.1 Å². The number of halogens is 1. The number of benzene rings is 3. The quantitative estimate of drug-likeness (QED) is 0.564. The third kappa shape index (κ3) is 7.24. The second-order valence-electron chi connectivity index (χ2n) is 7.22. The molecule has 6 nitrogen and oxygen atoms in total. The fourth-order valence-electron chi connectivity index (χ4n) is 2.86. The number of carbonyl (C=O) groups is 2. The zero-order valence-corrected chi connectivity index (χ0v) is 17.4. The molecule has 0 aliphatic rings. The normalized spacial score (nSPS) is 10.6. The van der Waals surface area contributed by atoms with Crippen molar-refractivity contribution in [3.8, 4) is 11.5 Å². The van der Waals surface area contributed by atoms with Crippen LogP contribution in [0.1, 0.15) is 5.56 Å². The molecule has 0 fully saturated rings. The van der Waals surface area contributed by atoms with Crippen LogP contribution in [0.2, 0.25) is 0 Å². The highest BCUT2D eigenvalue weighted by Crippen LogP contribution is 2.23. The van der Waals surface area contributed by atoms with Gasteiger partial charge in [-0.3, -0.25) is 14.5 Å². The molecule has 7 heteroatoms. The Morgan fingerprint density at radius 1 is 0.839 bits per heavy atom. The van der Waals surface area contributed by atoms with Gasteiger partial charge in [0.25, 0.3) is 0 Å². The Balaban J connectivity index is 1.45. The van der Waals surface area contributed by atoms with Crippen LogP contribution >= 0.6 is 0 Å². The van der Waals surface area contributed by atoms with Crippen molar-refractivity contribution >= 4 is 23.2 Å². The monoisotopic (exact) mass is 421 g/mol. The molecule has 3 rings (SSSR count). The molecule has 0 aliphatic carbocycles. The fraction of sp³-hybridized carbons (Fsp3) is 0.167. The zero-order chi connectivity index (χ0) is 22.2. The molecule has 0 atom stereocenters. The largest absolute Gasteiger partial charge is 0.457 e. The van der Waals surface area contributed by atoms with Crippen molar-refractivity contribution in [1.82, 2.24) is 4.90 Å². The minimum absolute atomic E-state index is 0.00669. The Morgan fingerprint density at radius 3 is 1.97 bits per heavy atom. The van der Waals surface area contributed by atoms with Crippen LogP contribution < -0.4 is 15.4 Å². The molecular weight excluding hydrogens is 397 g/mol. The van der Waals surface area contributed by atoms with Crippen LogP contribution in [-0.4, -0.2) is 36.9 Å². The number of aryl methyl sites for hydroxylation is 1. The summed E-state index contributed by atoms with van der Waals surface area (Å²) in [5.41, 5.74) is 2.15. The van der Waals surface area contributed by atoms with Gasteiger partial charge >= 0.3 is 0 Å². The summed E-state index contributed by atoms with van der Waals surface area (Å²) in [4.78, 5) is 25.9. The highest BCUT2D eigenvalue weighted by atomic mass is 19.1. The van der Waals surface area contributed by atoms with Crippen LogP contribution in [0.4, 0.5) is 15.8 Å². The van der Waals surface area contributed by atoms with Crippen LogP contribution in [0.25, 0.3) is 0 Å². The summed E-state index contributed by atoms with van der Waals surface area (Å²) in [6.45, 7) is 2.03. The van der Waals surface area contributed by atoms with Crippen molar-refractivity contribution in [2.45, 2.75) is 6.92 Å². The van der Waals surface area contributed by atoms with Crippen molar-refractivity contribution in [1.29, 1.82) is 0 Å². The van der Waals surface area contributed by atoms with E-state index >= 15 is 0 Å². The van der Waals surface area contributed by atoms with E-state index in [2.05, 4.69) is 10.6 Å². The Kier molecular flexibility index (Phi) is 7.35. The van der Waals surface area contributed by atoms with E-state index in [9.17, 15) is 14.0 Å². The predicted molar refractivity (Wildman–Crippen MR) is 119 cm³/mol. The average Bonchev–Trinajstić information content (AvgIpc) is 2.71. The van der Waals surface area contributed by atoms with Crippen molar-refractivity contribution in [2.24, 2.45) is 0 Å². The lowest BCUT2D eigenvalue weighted by Crippen LogP contribution is -2.36. The molecule has 160 valence electrons. The second kappa shape index (κ2) is 10.4. The van der Waals surface area contributed by atoms with E-state index in [-0.39, 0.29) is 24.9 Å². The SMILES string of the molecule is Cc1ccc(Oc2ccc(NC(=O)CN(C)CC(=O)Nc3cccc(F)c3)cc2)cc1. The van der Waals surface area contributed by atoms with E-state index < -0.39 is 5.82 Å². The first-order valence-electron chi connectivity index (χ1n) is 9.76. The van der Waals surface area contributed by atoms with Crippen molar-refractivity contribution in [3.05, 3.63) is 84.2 Å². The Bertz CT molecular complexity index is 1040. The third-order valence-corrected chi connectivity index (χ3v) is 4.33. The van der Waals surface area contributed by atoms with Gasteiger partial charge in [0.2, 0.25) is 11.8 Å². The lowest BCUT2D eigenvalue weighted by Gasteiger charge is -2.16. The zero-order valence-electron chi connectivity index (χ0n) is 17.4. The van der Waals surface area contributed by atoms with Gasteiger partial charge in [-0.2, -0.15) is 0 Å². The first-order valence-corrected chi connectivity index (χ1v) is 9.76. The molecule has 3 aromatic rings. The third-order valence-electron chi connectivity index (χ3n) is 4.33.